The molecule has 0 unspecified atom stereocenters. The van der Waals surface area contributed by atoms with E-state index in [9.17, 15) is 12.8 Å². The van der Waals surface area contributed by atoms with Gasteiger partial charge in [0.15, 0.2) is 0 Å². The van der Waals surface area contributed by atoms with Crippen LogP contribution in [0.5, 0.6) is 0 Å². The standard InChI is InChI=1S/C12H19FN2O2S/c1-4-8-15(9(2)3)18(16,17)12-10(13)6-5-7-11(12)14/h5-7,9H,4,8,14H2,1-3H3. The van der Waals surface area contributed by atoms with Crippen molar-refractivity contribution in [3.8, 4) is 0 Å². The molecular weight excluding hydrogens is 255 g/mol. The van der Waals surface area contributed by atoms with Gasteiger partial charge in [-0.1, -0.05) is 13.0 Å². The molecule has 18 heavy (non-hydrogen) atoms. The number of nitrogen functional groups attached to an aromatic ring is 1. The molecule has 0 atom stereocenters. The molecule has 6 heteroatoms. The zero-order valence-corrected chi connectivity index (χ0v) is 11.7. The maximum absolute atomic E-state index is 13.7. The molecule has 0 aliphatic rings. The fourth-order valence-corrected chi connectivity index (χ4v) is 3.68. The second-order valence-corrected chi connectivity index (χ2v) is 6.20. The Labute approximate surface area is 108 Å². The number of hydrogen-bond acceptors (Lipinski definition) is 3. The lowest BCUT2D eigenvalue weighted by molar-refractivity contribution is 0.352. The van der Waals surface area contributed by atoms with E-state index in [0.717, 1.165) is 6.07 Å². The highest BCUT2D eigenvalue weighted by atomic mass is 32.2. The molecule has 0 aliphatic carbocycles. The number of hydrogen-bond donors (Lipinski definition) is 1. The summed E-state index contributed by atoms with van der Waals surface area (Å²) in [5.41, 5.74) is 5.54. The zero-order chi connectivity index (χ0) is 13.9. The Morgan fingerprint density at radius 3 is 2.44 bits per heavy atom. The van der Waals surface area contributed by atoms with Crippen LogP contribution in [0.4, 0.5) is 10.1 Å². The van der Waals surface area contributed by atoms with Crippen molar-refractivity contribution in [3.63, 3.8) is 0 Å². The molecule has 2 N–H and O–H groups in total. The van der Waals surface area contributed by atoms with Crippen molar-refractivity contribution in [2.24, 2.45) is 0 Å². The minimum Gasteiger partial charge on any atom is -0.398 e. The second kappa shape index (κ2) is 5.67. The van der Waals surface area contributed by atoms with E-state index in [2.05, 4.69) is 0 Å². The van der Waals surface area contributed by atoms with E-state index >= 15 is 0 Å². The van der Waals surface area contributed by atoms with Gasteiger partial charge in [-0.2, -0.15) is 4.31 Å². The average molecular weight is 274 g/mol. The van der Waals surface area contributed by atoms with Gasteiger partial charge < -0.3 is 5.73 Å². The molecule has 0 heterocycles. The minimum absolute atomic E-state index is 0.0586. The molecule has 0 fully saturated rings. The van der Waals surface area contributed by atoms with Gasteiger partial charge in [0.2, 0.25) is 10.0 Å². The fraction of sp³-hybridized carbons (Fsp3) is 0.500. The summed E-state index contributed by atoms with van der Waals surface area (Å²) in [6, 6.07) is 3.64. The molecular formula is C12H19FN2O2S. The maximum Gasteiger partial charge on any atom is 0.248 e. The van der Waals surface area contributed by atoms with Gasteiger partial charge in [0.1, 0.15) is 10.7 Å². The van der Waals surface area contributed by atoms with Gasteiger partial charge in [-0.15, -0.1) is 0 Å². The molecule has 102 valence electrons. The number of nitrogens with two attached hydrogens (primary N) is 1. The first kappa shape index (κ1) is 14.9. The lowest BCUT2D eigenvalue weighted by atomic mass is 10.3. The molecule has 0 radical (unpaired) electrons. The van der Waals surface area contributed by atoms with E-state index in [4.69, 9.17) is 5.73 Å². The van der Waals surface area contributed by atoms with Crippen LogP contribution in [0.1, 0.15) is 27.2 Å². The van der Waals surface area contributed by atoms with Gasteiger partial charge >= 0.3 is 0 Å². The molecule has 0 aliphatic heterocycles. The first-order valence-corrected chi connectivity index (χ1v) is 7.32. The van der Waals surface area contributed by atoms with Crippen molar-refractivity contribution in [3.05, 3.63) is 24.0 Å². The van der Waals surface area contributed by atoms with E-state index < -0.39 is 20.7 Å². The Hall–Kier alpha value is -1.14. The van der Waals surface area contributed by atoms with Crippen molar-refractivity contribution in [2.75, 3.05) is 12.3 Å². The Balaban J connectivity index is 3.36. The van der Waals surface area contributed by atoms with Crippen LogP contribution in [0.15, 0.2) is 23.1 Å². The van der Waals surface area contributed by atoms with E-state index in [1.165, 1.54) is 16.4 Å². The Bertz CT molecular complexity index is 495. The van der Waals surface area contributed by atoms with Crippen molar-refractivity contribution in [1.29, 1.82) is 0 Å². The van der Waals surface area contributed by atoms with Gasteiger partial charge in [-0.3, -0.25) is 0 Å². The molecule has 0 amide bonds. The predicted molar refractivity (Wildman–Crippen MR) is 70.1 cm³/mol. The first-order valence-electron chi connectivity index (χ1n) is 5.88. The van der Waals surface area contributed by atoms with Crippen molar-refractivity contribution >= 4 is 15.7 Å². The summed E-state index contributed by atoms with van der Waals surface area (Å²) in [6.45, 7) is 5.72. The fourth-order valence-electron chi connectivity index (χ4n) is 1.79. The van der Waals surface area contributed by atoms with Crippen LogP contribution < -0.4 is 5.73 Å². The van der Waals surface area contributed by atoms with Crippen LogP contribution in [-0.4, -0.2) is 25.3 Å². The topological polar surface area (TPSA) is 63.4 Å². The normalized spacial score (nSPS) is 12.3. The van der Waals surface area contributed by atoms with Crippen LogP contribution in [-0.2, 0) is 10.0 Å². The van der Waals surface area contributed by atoms with Gasteiger partial charge in [-0.05, 0) is 32.4 Å². The van der Waals surface area contributed by atoms with Crippen molar-refractivity contribution in [2.45, 2.75) is 38.1 Å². The summed E-state index contributed by atoms with van der Waals surface area (Å²) in [5, 5.41) is 0. The van der Waals surface area contributed by atoms with Crippen molar-refractivity contribution in [1.82, 2.24) is 4.31 Å². The van der Waals surface area contributed by atoms with E-state index in [-0.39, 0.29) is 11.7 Å². The lowest BCUT2D eigenvalue weighted by Crippen LogP contribution is -2.38. The smallest absolute Gasteiger partial charge is 0.248 e. The minimum atomic E-state index is -3.89. The lowest BCUT2D eigenvalue weighted by Gasteiger charge is -2.26. The molecule has 1 aromatic rings. The maximum atomic E-state index is 13.7. The van der Waals surface area contributed by atoms with Crippen molar-refractivity contribution < 1.29 is 12.8 Å². The molecule has 4 nitrogen and oxygen atoms in total. The summed E-state index contributed by atoms with van der Waals surface area (Å²) in [7, 11) is -3.89. The number of sulfonamides is 1. The van der Waals surface area contributed by atoms with Gasteiger partial charge in [0.25, 0.3) is 0 Å². The van der Waals surface area contributed by atoms with E-state index in [1.807, 2.05) is 6.92 Å². The SMILES string of the molecule is CCCN(C(C)C)S(=O)(=O)c1c(N)cccc1F. The van der Waals surface area contributed by atoms with Crippen LogP contribution >= 0.6 is 0 Å². The molecule has 0 saturated heterocycles. The number of rotatable bonds is 5. The van der Waals surface area contributed by atoms with Crippen LogP contribution in [0.25, 0.3) is 0 Å². The van der Waals surface area contributed by atoms with Gasteiger partial charge in [0.05, 0.1) is 5.69 Å². The summed E-state index contributed by atoms with van der Waals surface area (Å²) < 4.78 is 39.8. The first-order chi connectivity index (χ1) is 8.32. The second-order valence-electron chi connectivity index (χ2n) is 4.37. The molecule has 0 bridgehead atoms. The zero-order valence-electron chi connectivity index (χ0n) is 10.9. The highest BCUT2D eigenvalue weighted by molar-refractivity contribution is 7.89. The number of anilines is 1. The Morgan fingerprint density at radius 1 is 1.39 bits per heavy atom. The quantitative estimate of drug-likeness (QED) is 0.837. The van der Waals surface area contributed by atoms with Crippen LogP contribution in [0.2, 0.25) is 0 Å². The summed E-state index contributed by atoms with van der Waals surface area (Å²) in [4.78, 5) is -0.424. The summed E-state index contributed by atoms with van der Waals surface area (Å²) >= 11 is 0. The highest BCUT2D eigenvalue weighted by Crippen LogP contribution is 2.26. The molecule has 0 spiro atoms. The highest BCUT2D eigenvalue weighted by Gasteiger charge is 2.30. The van der Waals surface area contributed by atoms with Crippen LogP contribution in [0, 0.1) is 5.82 Å². The van der Waals surface area contributed by atoms with Gasteiger partial charge in [0, 0.05) is 12.6 Å². The summed E-state index contributed by atoms with van der Waals surface area (Å²) in [6.07, 6.45) is 0.658. The Kier molecular flexibility index (Phi) is 4.70. The molecule has 1 rings (SSSR count). The third-order valence-electron chi connectivity index (χ3n) is 2.58. The number of benzene rings is 1. The van der Waals surface area contributed by atoms with Crippen LogP contribution in [0.3, 0.4) is 0 Å². The monoisotopic (exact) mass is 274 g/mol. The predicted octanol–water partition coefficient (Wildman–Crippen LogP) is 2.22. The number of nitrogens with zero attached hydrogens (tertiary/aromatic N) is 1. The summed E-state index contributed by atoms with van der Waals surface area (Å²) in [5.74, 6) is -0.809. The third kappa shape index (κ3) is 2.81. The molecule has 0 saturated carbocycles. The van der Waals surface area contributed by atoms with Gasteiger partial charge in [-0.25, -0.2) is 12.8 Å². The number of halogens is 1. The Morgan fingerprint density at radius 2 is 2.00 bits per heavy atom. The van der Waals surface area contributed by atoms with E-state index in [1.54, 1.807) is 13.8 Å². The molecule has 1 aromatic carbocycles. The van der Waals surface area contributed by atoms with E-state index in [0.29, 0.717) is 13.0 Å². The average Bonchev–Trinajstić information content (AvgIpc) is 2.24. The third-order valence-corrected chi connectivity index (χ3v) is 4.75. The largest absolute Gasteiger partial charge is 0.398 e. The molecule has 0 aromatic heterocycles.